The molecule has 80 valence electrons. The molecule has 0 bridgehead atoms. The molecule has 1 atom stereocenters. The van der Waals surface area contributed by atoms with Crippen molar-refractivity contribution in [3.63, 3.8) is 0 Å². The Bertz CT molecular complexity index is 123. The number of nitrogens with zero attached hydrogens (tertiary/aromatic N) is 1. The molecule has 13 heavy (non-hydrogen) atoms. The molecule has 0 amide bonds. The second kappa shape index (κ2) is 6.72. The van der Waals surface area contributed by atoms with Crippen molar-refractivity contribution in [1.29, 1.82) is 0 Å². The van der Waals surface area contributed by atoms with E-state index in [-0.39, 0.29) is 0 Å². The predicted octanol–water partition coefficient (Wildman–Crippen LogP) is 3.25. The molecular formula is C11H25NS. The van der Waals surface area contributed by atoms with E-state index >= 15 is 0 Å². The molecule has 0 saturated heterocycles. The van der Waals surface area contributed by atoms with Crippen LogP contribution < -0.4 is 0 Å². The van der Waals surface area contributed by atoms with Crippen molar-refractivity contribution in [2.45, 2.75) is 57.6 Å². The van der Waals surface area contributed by atoms with Crippen LogP contribution in [0.4, 0.5) is 0 Å². The smallest absolute Gasteiger partial charge is 0.0174 e. The van der Waals surface area contributed by atoms with Crippen molar-refractivity contribution >= 4 is 11.8 Å². The van der Waals surface area contributed by atoms with E-state index in [1.807, 2.05) is 0 Å². The molecule has 1 unspecified atom stereocenters. The molecule has 0 saturated carbocycles. The van der Waals surface area contributed by atoms with Crippen molar-refractivity contribution < 1.29 is 0 Å². The van der Waals surface area contributed by atoms with Crippen LogP contribution in [0.3, 0.4) is 0 Å². The largest absolute Gasteiger partial charge is 0.303 e. The van der Waals surface area contributed by atoms with E-state index in [2.05, 4.69) is 58.3 Å². The van der Waals surface area contributed by atoms with Crippen molar-refractivity contribution in [2.24, 2.45) is 0 Å². The molecule has 0 fully saturated rings. The lowest BCUT2D eigenvalue weighted by molar-refractivity contribution is 0.273. The lowest BCUT2D eigenvalue weighted by atomic mass is 10.2. The summed E-state index contributed by atoms with van der Waals surface area (Å²) in [5.41, 5.74) is 0. The second-order valence-electron chi connectivity index (χ2n) is 4.25. The fraction of sp³-hybridized carbons (Fsp3) is 1.00. The highest BCUT2D eigenvalue weighted by atomic mass is 32.2. The first-order chi connectivity index (χ1) is 5.97. The van der Waals surface area contributed by atoms with Crippen LogP contribution in [0.15, 0.2) is 0 Å². The third-order valence-electron chi connectivity index (χ3n) is 2.29. The van der Waals surface area contributed by atoms with Gasteiger partial charge in [-0.3, -0.25) is 0 Å². The highest BCUT2D eigenvalue weighted by Crippen LogP contribution is 2.21. The van der Waals surface area contributed by atoms with E-state index in [1.54, 1.807) is 0 Å². The van der Waals surface area contributed by atoms with Crippen LogP contribution in [0.5, 0.6) is 0 Å². The average molecular weight is 203 g/mol. The molecule has 0 aromatic carbocycles. The van der Waals surface area contributed by atoms with E-state index in [0.29, 0.717) is 6.04 Å². The standard InChI is InChI=1S/C11H25NS/c1-7-11(13-10(4)5)8-12(6)9(2)3/h9-11H,7-8H2,1-6H3. The van der Waals surface area contributed by atoms with Gasteiger partial charge in [-0.05, 0) is 32.6 Å². The molecule has 0 radical (unpaired) electrons. The van der Waals surface area contributed by atoms with Crippen LogP contribution in [0.1, 0.15) is 41.0 Å². The molecular weight excluding hydrogens is 178 g/mol. The third-order valence-corrected chi connectivity index (χ3v) is 3.70. The molecule has 0 N–H and O–H groups in total. The van der Waals surface area contributed by atoms with Crippen LogP contribution in [0.25, 0.3) is 0 Å². The summed E-state index contributed by atoms with van der Waals surface area (Å²) in [6.07, 6.45) is 1.28. The SMILES string of the molecule is CCC(CN(C)C(C)C)SC(C)C. The van der Waals surface area contributed by atoms with Crippen molar-refractivity contribution in [1.82, 2.24) is 4.90 Å². The molecule has 0 spiro atoms. The van der Waals surface area contributed by atoms with Gasteiger partial charge >= 0.3 is 0 Å². The van der Waals surface area contributed by atoms with Gasteiger partial charge in [0, 0.05) is 17.8 Å². The monoisotopic (exact) mass is 203 g/mol. The topological polar surface area (TPSA) is 3.24 Å². The Morgan fingerprint density at radius 2 is 1.69 bits per heavy atom. The first-order valence-corrected chi connectivity index (χ1v) is 6.27. The lowest BCUT2D eigenvalue weighted by Crippen LogP contribution is -2.33. The van der Waals surface area contributed by atoms with Crippen LogP contribution in [0.2, 0.25) is 0 Å². The number of hydrogen-bond donors (Lipinski definition) is 0. The highest BCUT2D eigenvalue weighted by molar-refractivity contribution is 8.00. The molecule has 0 aliphatic rings. The Kier molecular flexibility index (Phi) is 6.88. The summed E-state index contributed by atoms with van der Waals surface area (Å²) in [5, 5.41) is 1.55. The fourth-order valence-electron chi connectivity index (χ4n) is 1.19. The van der Waals surface area contributed by atoms with Crippen molar-refractivity contribution in [2.75, 3.05) is 13.6 Å². The highest BCUT2D eigenvalue weighted by Gasteiger charge is 2.13. The number of rotatable bonds is 6. The van der Waals surface area contributed by atoms with Crippen LogP contribution >= 0.6 is 11.8 Å². The molecule has 0 aliphatic heterocycles. The van der Waals surface area contributed by atoms with Crippen LogP contribution in [0, 0.1) is 0 Å². The van der Waals surface area contributed by atoms with Gasteiger partial charge in [0.1, 0.15) is 0 Å². The van der Waals surface area contributed by atoms with E-state index in [4.69, 9.17) is 0 Å². The summed E-state index contributed by atoms with van der Waals surface area (Å²) in [7, 11) is 2.22. The summed E-state index contributed by atoms with van der Waals surface area (Å²) in [5.74, 6) is 0. The molecule has 0 aliphatic carbocycles. The van der Waals surface area contributed by atoms with Crippen LogP contribution in [-0.4, -0.2) is 35.0 Å². The minimum atomic E-state index is 0.668. The lowest BCUT2D eigenvalue weighted by Gasteiger charge is -2.27. The second-order valence-corrected chi connectivity index (χ2v) is 6.13. The summed E-state index contributed by atoms with van der Waals surface area (Å²) < 4.78 is 0. The first kappa shape index (κ1) is 13.3. The first-order valence-electron chi connectivity index (χ1n) is 5.33. The minimum Gasteiger partial charge on any atom is -0.303 e. The van der Waals surface area contributed by atoms with Gasteiger partial charge in [-0.25, -0.2) is 0 Å². The number of thioether (sulfide) groups is 1. The third kappa shape index (κ3) is 6.39. The van der Waals surface area contributed by atoms with Gasteiger partial charge < -0.3 is 4.90 Å². The Morgan fingerprint density at radius 3 is 2.00 bits per heavy atom. The summed E-state index contributed by atoms with van der Waals surface area (Å²) in [4.78, 5) is 2.43. The van der Waals surface area contributed by atoms with Crippen LogP contribution in [-0.2, 0) is 0 Å². The molecule has 0 heterocycles. The summed E-state index contributed by atoms with van der Waals surface area (Å²) >= 11 is 2.10. The Hall–Kier alpha value is 0.310. The van der Waals surface area contributed by atoms with Gasteiger partial charge in [-0.15, -0.1) is 0 Å². The maximum absolute atomic E-state index is 2.43. The van der Waals surface area contributed by atoms with E-state index in [9.17, 15) is 0 Å². The Morgan fingerprint density at radius 1 is 1.15 bits per heavy atom. The molecule has 0 aromatic heterocycles. The zero-order valence-corrected chi connectivity index (χ0v) is 10.8. The van der Waals surface area contributed by atoms with Gasteiger partial charge in [-0.2, -0.15) is 11.8 Å². The minimum absolute atomic E-state index is 0.668. The Balaban J connectivity index is 3.83. The molecule has 1 nitrogen and oxygen atoms in total. The molecule has 0 rings (SSSR count). The molecule has 2 heteroatoms. The van der Waals surface area contributed by atoms with Gasteiger partial charge in [0.15, 0.2) is 0 Å². The maximum Gasteiger partial charge on any atom is 0.0174 e. The summed E-state index contributed by atoms with van der Waals surface area (Å²) in [6, 6.07) is 0.668. The predicted molar refractivity (Wildman–Crippen MR) is 64.6 cm³/mol. The Labute approximate surface area is 88.3 Å². The van der Waals surface area contributed by atoms with E-state index in [1.165, 1.54) is 13.0 Å². The van der Waals surface area contributed by atoms with Crippen molar-refractivity contribution in [3.05, 3.63) is 0 Å². The average Bonchev–Trinajstić information content (AvgIpc) is 2.02. The van der Waals surface area contributed by atoms with E-state index in [0.717, 1.165) is 10.5 Å². The zero-order valence-electron chi connectivity index (χ0n) is 10.0. The van der Waals surface area contributed by atoms with Gasteiger partial charge in [0.05, 0.1) is 0 Å². The van der Waals surface area contributed by atoms with Crippen molar-refractivity contribution in [3.8, 4) is 0 Å². The normalized spacial score (nSPS) is 14.5. The maximum atomic E-state index is 2.43. The summed E-state index contributed by atoms with van der Waals surface area (Å²) in [6.45, 7) is 12.6. The number of hydrogen-bond acceptors (Lipinski definition) is 2. The fourth-order valence-corrected chi connectivity index (χ4v) is 2.47. The zero-order chi connectivity index (χ0) is 10.4. The quantitative estimate of drug-likeness (QED) is 0.652. The molecule has 0 aromatic rings. The van der Waals surface area contributed by atoms with Gasteiger partial charge in [0.2, 0.25) is 0 Å². The van der Waals surface area contributed by atoms with Gasteiger partial charge in [-0.1, -0.05) is 20.8 Å². The van der Waals surface area contributed by atoms with Gasteiger partial charge in [0.25, 0.3) is 0 Å². The van der Waals surface area contributed by atoms with E-state index < -0.39 is 0 Å².